The monoisotopic (exact) mass is 258 g/mol. The number of benzene rings is 1. The Bertz CT molecular complexity index is 507. The average molecular weight is 258 g/mol. The largest absolute Gasteiger partial charge is 0.497 e. The Labute approximate surface area is 113 Å². The number of methoxy groups -OCH3 is 1. The van der Waals surface area contributed by atoms with Crippen molar-refractivity contribution in [2.24, 2.45) is 5.73 Å². The van der Waals surface area contributed by atoms with Crippen molar-refractivity contribution in [1.29, 1.82) is 0 Å². The number of rotatable bonds is 5. The van der Waals surface area contributed by atoms with Crippen LogP contribution in [0.5, 0.6) is 17.4 Å². The Kier molecular flexibility index (Phi) is 4.36. The van der Waals surface area contributed by atoms with Crippen molar-refractivity contribution in [1.82, 2.24) is 4.98 Å². The number of nitrogens with two attached hydrogens (primary N) is 1. The van der Waals surface area contributed by atoms with Gasteiger partial charge in [0, 0.05) is 18.3 Å². The van der Waals surface area contributed by atoms with Crippen LogP contribution in [0.1, 0.15) is 12.5 Å². The van der Waals surface area contributed by atoms with E-state index in [0.29, 0.717) is 5.88 Å². The standard InChI is InChI=1S/C15H18N2O2/c1-11(16)9-12-3-8-15(17-10-12)19-14-6-4-13(18-2)5-7-14/h3-8,10-11H,9,16H2,1-2H3. The summed E-state index contributed by atoms with van der Waals surface area (Å²) in [4.78, 5) is 4.26. The second kappa shape index (κ2) is 6.20. The molecular formula is C15H18N2O2. The van der Waals surface area contributed by atoms with Crippen molar-refractivity contribution >= 4 is 0 Å². The van der Waals surface area contributed by atoms with E-state index in [1.165, 1.54) is 0 Å². The summed E-state index contributed by atoms with van der Waals surface area (Å²) in [6.45, 7) is 1.97. The molecule has 1 unspecified atom stereocenters. The lowest BCUT2D eigenvalue weighted by Crippen LogP contribution is -2.17. The van der Waals surface area contributed by atoms with Crippen molar-refractivity contribution < 1.29 is 9.47 Å². The molecule has 2 N–H and O–H groups in total. The van der Waals surface area contributed by atoms with E-state index >= 15 is 0 Å². The fraction of sp³-hybridized carbons (Fsp3) is 0.267. The molecule has 0 saturated carbocycles. The lowest BCUT2D eigenvalue weighted by molar-refractivity contribution is 0.412. The van der Waals surface area contributed by atoms with Crippen LogP contribution in [0.2, 0.25) is 0 Å². The van der Waals surface area contributed by atoms with Crippen LogP contribution in [0.15, 0.2) is 42.6 Å². The number of hydrogen-bond donors (Lipinski definition) is 1. The van der Waals surface area contributed by atoms with Crippen molar-refractivity contribution in [3.8, 4) is 17.4 Å². The van der Waals surface area contributed by atoms with Crippen LogP contribution < -0.4 is 15.2 Å². The average Bonchev–Trinajstić information content (AvgIpc) is 2.41. The Balaban J connectivity index is 2.02. The van der Waals surface area contributed by atoms with Gasteiger partial charge in [-0.3, -0.25) is 0 Å². The van der Waals surface area contributed by atoms with Crippen LogP contribution in [0, 0.1) is 0 Å². The van der Waals surface area contributed by atoms with E-state index < -0.39 is 0 Å². The highest BCUT2D eigenvalue weighted by Gasteiger charge is 2.02. The molecule has 2 aromatic rings. The first-order chi connectivity index (χ1) is 9.17. The predicted molar refractivity (Wildman–Crippen MR) is 74.7 cm³/mol. The van der Waals surface area contributed by atoms with Gasteiger partial charge in [-0.2, -0.15) is 0 Å². The number of aromatic nitrogens is 1. The van der Waals surface area contributed by atoms with Gasteiger partial charge in [-0.1, -0.05) is 6.07 Å². The molecule has 1 aromatic carbocycles. The third-order valence-electron chi connectivity index (χ3n) is 2.64. The molecule has 0 fully saturated rings. The number of hydrogen-bond acceptors (Lipinski definition) is 4. The van der Waals surface area contributed by atoms with Crippen LogP contribution in [0.25, 0.3) is 0 Å². The van der Waals surface area contributed by atoms with Gasteiger partial charge in [0.25, 0.3) is 0 Å². The molecule has 0 bridgehead atoms. The normalized spacial score (nSPS) is 11.9. The molecule has 100 valence electrons. The molecule has 0 aliphatic carbocycles. The predicted octanol–water partition coefficient (Wildman–Crippen LogP) is 2.77. The van der Waals surface area contributed by atoms with E-state index in [1.54, 1.807) is 13.3 Å². The van der Waals surface area contributed by atoms with Crippen molar-refractivity contribution in [3.63, 3.8) is 0 Å². The Morgan fingerprint density at radius 1 is 1.11 bits per heavy atom. The lowest BCUT2D eigenvalue weighted by atomic mass is 10.1. The maximum absolute atomic E-state index is 5.74. The topological polar surface area (TPSA) is 57.4 Å². The van der Waals surface area contributed by atoms with E-state index in [4.69, 9.17) is 15.2 Å². The minimum atomic E-state index is 0.134. The van der Waals surface area contributed by atoms with Gasteiger partial charge in [0.05, 0.1) is 7.11 Å². The van der Waals surface area contributed by atoms with Crippen molar-refractivity contribution in [2.75, 3.05) is 7.11 Å². The van der Waals surface area contributed by atoms with E-state index in [9.17, 15) is 0 Å². The fourth-order valence-electron chi connectivity index (χ4n) is 1.73. The third-order valence-corrected chi connectivity index (χ3v) is 2.64. The first-order valence-electron chi connectivity index (χ1n) is 6.20. The zero-order chi connectivity index (χ0) is 13.7. The first-order valence-corrected chi connectivity index (χ1v) is 6.20. The summed E-state index contributed by atoms with van der Waals surface area (Å²) >= 11 is 0. The highest BCUT2D eigenvalue weighted by atomic mass is 16.5. The fourth-order valence-corrected chi connectivity index (χ4v) is 1.73. The Hall–Kier alpha value is -2.07. The molecule has 0 radical (unpaired) electrons. The van der Waals surface area contributed by atoms with E-state index in [1.807, 2.05) is 43.3 Å². The number of pyridine rings is 1. The van der Waals surface area contributed by atoms with Gasteiger partial charge in [0.2, 0.25) is 5.88 Å². The molecule has 4 heteroatoms. The SMILES string of the molecule is COc1ccc(Oc2ccc(CC(C)N)cn2)cc1. The molecular weight excluding hydrogens is 240 g/mol. The highest BCUT2D eigenvalue weighted by molar-refractivity contribution is 5.33. The van der Waals surface area contributed by atoms with Crippen LogP contribution >= 0.6 is 0 Å². The molecule has 0 amide bonds. The van der Waals surface area contributed by atoms with Gasteiger partial charge in [-0.25, -0.2) is 4.98 Å². The summed E-state index contributed by atoms with van der Waals surface area (Å²) in [6, 6.07) is 11.3. The summed E-state index contributed by atoms with van der Waals surface area (Å²) in [5, 5.41) is 0. The molecule has 0 saturated heterocycles. The van der Waals surface area contributed by atoms with Gasteiger partial charge >= 0.3 is 0 Å². The Morgan fingerprint density at radius 3 is 2.32 bits per heavy atom. The molecule has 0 aliphatic rings. The van der Waals surface area contributed by atoms with Crippen LogP contribution in [0.4, 0.5) is 0 Å². The smallest absolute Gasteiger partial charge is 0.219 e. The molecule has 4 nitrogen and oxygen atoms in total. The maximum Gasteiger partial charge on any atom is 0.219 e. The molecule has 19 heavy (non-hydrogen) atoms. The minimum absolute atomic E-state index is 0.134. The van der Waals surface area contributed by atoms with E-state index in [2.05, 4.69) is 4.98 Å². The van der Waals surface area contributed by atoms with Gasteiger partial charge in [0.1, 0.15) is 11.5 Å². The lowest BCUT2D eigenvalue weighted by Gasteiger charge is -2.07. The molecule has 0 spiro atoms. The summed E-state index contributed by atoms with van der Waals surface area (Å²) in [6.07, 6.45) is 2.61. The van der Waals surface area contributed by atoms with Gasteiger partial charge < -0.3 is 15.2 Å². The van der Waals surface area contributed by atoms with Gasteiger partial charge in [-0.15, -0.1) is 0 Å². The van der Waals surface area contributed by atoms with Gasteiger partial charge in [-0.05, 0) is 43.2 Å². The number of nitrogens with zero attached hydrogens (tertiary/aromatic N) is 1. The summed E-state index contributed by atoms with van der Waals surface area (Å²) in [5.74, 6) is 2.10. The second-order valence-electron chi connectivity index (χ2n) is 4.46. The summed E-state index contributed by atoms with van der Waals surface area (Å²) in [7, 11) is 1.63. The minimum Gasteiger partial charge on any atom is -0.497 e. The first kappa shape index (κ1) is 13.4. The highest BCUT2D eigenvalue weighted by Crippen LogP contribution is 2.22. The summed E-state index contributed by atoms with van der Waals surface area (Å²) in [5.41, 5.74) is 6.85. The van der Waals surface area contributed by atoms with Crippen molar-refractivity contribution in [2.45, 2.75) is 19.4 Å². The van der Waals surface area contributed by atoms with Crippen LogP contribution in [-0.4, -0.2) is 18.1 Å². The van der Waals surface area contributed by atoms with Crippen molar-refractivity contribution in [3.05, 3.63) is 48.2 Å². The van der Waals surface area contributed by atoms with Gasteiger partial charge in [0.15, 0.2) is 0 Å². The third kappa shape index (κ3) is 3.96. The zero-order valence-corrected chi connectivity index (χ0v) is 11.2. The second-order valence-corrected chi connectivity index (χ2v) is 4.46. The molecule has 1 heterocycles. The molecule has 0 aliphatic heterocycles. The number of ether oxygens (including phenoxy) is 2. The van der Waals surface area contributed by atoms with E-state index in [-0.39, 0.29) is 6.04 Å². The zero-order valence-electron chi connectivity index (χ0n) is 11.2. The molecule has 1 atom stereocenters. The summed E-state index contributed by atoms with van der Waals surface area (Å²) < 4.78 is 10.7. The Morgan fingerprint density at radius 2 is 1.79 bits per heavy atom. The van der Waals surface area contributed by atoms with Crippen LogP contribution in [0.3, 0.4) is 0 Å². The van der Waals surface area contributed by atoms with E-state index in [0.717, 1.165) is 23.5 Å². The quantitative estimate of drug-likeness (QED) is 0.896. The van der Waals surface area contributed by atoms with Crippen LogP contribution in [-0.2, 0) is 6.42 Å². The maximum atomic E-state index is 5.74. The molecule has 2 rings (SSSR count). The molecule has 1 aromatic heterocycles.